The van der Waals surface area contributed by atoms with Crippen molar-refractivity contribution in [1.82, 2.24) is 15.2 Å². The second-order valence-electron chi connectivity index (χ2n) is 9.73. The summed E-state index contributed by atoms with van der Waals surface area (Å²) >= 11 is 0. The Bertz CT molecular complexity index is 1850. The quantitative estimate of drug-likeness (QED) is 0.174. The van der Waals surface area contributed by atoms with Crippen molar-refractivity contribution in [2.75, 3.05) is 10.6 Å². The van der Waals surface area contributed by atoms with Crippen LogP contribution in [0.5, 0.6) is 11.5 Å². The maximum atomic E-state index is 15.2. The summed E-state index contributed by atoms with van der Waals surface area (Å²) in [6.45, 7) is 0. The molecule has 0 saturated heterocycles. The van der Waals surface area contributed by atoms with Crippen molar-refractivity contribution < 1.29 is 33.0 Å². The maximum absolute atomic E-state index is 15.2. The number of nitrogens with one attached hydrogen (secondary N) is 3. The summed E-state index contributed by atoms with van der Waals surface area (Å²) in [6, 6.07) is 16.7. The Morgan fingerprint density at radius 1 is 0.857 bits per heavy atom. The Hall–Kier alpha value is -5.65. The van der Waals surface area contributed by atoms with E-state index in [9.17, 15) is 23.9 Å². The van der Waals surface area contributed by atoms with Gasteiger partial charge in [-0.2, -0.15) is 5.10 Å². The smallest absolute Gasteiger partial charge is 0.335 e. The molecule has 4 N–H and O–H groups in total. The number of anilines is 2. The fourth-order valence-electron chi connectivity index (χ4n) is 4.48. The topological polar surface area (TPSA) is 146 Å². The molecule has 2 aromatic heterocycles. The van der Waals surface area contributed by atoms with E-state index in [0.717, 1.165) is 6.07 Å². The van der Waals surface area contributed by atoms with E-state index in [-0.39, 0.29) is 22.7 Å². The zero-order chi connectivity index (χ0) is 29.4. The summed E-state index contributed by atoms with van der Waals surface area (Å²) in [5.41, 5.74) is 0.710. The van der Waals surface area contributed by atoms with Gasteiger partial charge in [-0.3, -0.25) is 14.7 Å². The third-order valence-electron chi connectivity index (χ3n) is 6.96. The number of aromatic carboxylic acids is 1. The highest BCUT2D eigenvalue weighted by molar-refractivity contribution is 6.17. The number of hydrogen-bond donors (Lipinski definition) is 4. The molecule has 2 amide bonds. The normalized spacial score (nSPS) is 13.4. The Balaban J connectivity index is 1.19. The number of carbonyl (C=O) groups excluding carboxylic acids is 2. The highest BCUT2D eigenvalue weighted by Gasteiger charge is 2.56. The molecule has 1 saturated carbocycles. The zero-order valence-corrected chi connectivity index (χ0v) is 21.7. The molecule has 0 aliphatic heterocycles. The molecule has 1 fully saturated rings. The lowest BCUT2D eigenvalue weighted by molar-refractivity contribution is -0.131. The van der Waals surface area contributed by atoms with Gasteiger partial charge in [-0.25, -0.2) is 18.6 Å². The number of carbonyl (C=O) groups is 3. The lowest BCUT2D eigenvalue weighted by atomic mass is 10.0. The number of benzene rings is 3. The molecule has 6 rings (SSSR count). The first-order valence-electron chi connectivity index (χ1n) is 12.8. The average molecular weight is 570 g/mol. The minimum atomic E-state index is -1.30. The van der Waals surface area contributed by atoms with Gasteiger partial charge in [0, 0.05) is 29.2 Å². The molecule has 1 aliphatic carbocycles. The van der Waals surface area contributed by atoms with Gasteiger partial charge in [-0.05, 0) is 67.4 Å². The number of fused-ring (bicyclic) bond motifs is 1. The second kappa shape index (κ2) is 10.4. The van der Waals surface area contributed by atoms with E-state index < -0.39 is 34.8 Å². The van der Waals surface area contributed by atoms with E-state index in [4.69, 9.17) is 4.74 Å². The predicted molar refractivity (Wildman–Crippen MR) is 148 cm³/mol. The van der Waals surface area contributed by atoms with Crippen LogP contribution in [0.15, 0.2) is 79.0 Å². The summed E-state index contributed by atoms with van der Waals surface area (Å²) in [4.78, 5) is 41.2. The fraction of sp³-hybridized carbons (Fsp3) is 0.100. The summed E-state index contributed by atoms with van der Waals surface area (Å²) in [7, 11) is 0. The third kappa shape index (κ3) is 5.01. The number of aromatic amines is 1. The second-order valence-corrected chi connectivity index (χ2v) is 9.73. The number of pyridine rings is 1. The molecule has 3 aromatic carbocycles. The molecule has 0 unspecified atom stereocenters. The number of nitrogens with zero attached hydrogens (tertiary/aromatic N) is 2. The Labute approximate surface area is 236 Å². The first-order chi connectivity index (χ1) is 20.2. The summed E-state index contributed by atoms with van der Waals surface area (Å²) in [5, 5.41) is 21.9. The van der Waals surface area contributed by atoms with Crippen molar-refractivity contribution >= 4 is 40.2 Å². The van der Waals surface area contributed by atoms with Gasteiger partial charge in [0.1, 0.15) is 22.7 Å². The molecular formula is C30H21F2N5O5. The molecule has 42 heavy (non-hydrogen) atoms. The van der Waals surface area contributed by atoms with E-state index in [0.29, 0.717) is 40.8 Å². The predicted octanol–water partition coefficient (Wildman–Crippen LogP) is 5.75. The zero-order valence-electron chi connectivity index (χ0n) is 21.7. The highest BCUT2D eigenvalue weighted by atomic mass is 19.1. The first kappa shape index (κ1) is 26.6. The van der Waals surface area contributed by atoms with Gasteiger partial charge < -0.3 is 20.5 Å². The Morgan fingerprint density at radius 2 is 1.52 bits per heavy atom. The number of halogens is 2. The van der Waals surface area contributed by atoms with Crippen molar-refractivity contribution in [2.24, 2.45) is 5.41 Å². The van der Waals surface area contributed by atoms with Crippen molar-refractivity contribution in [3.8, 4) is 22.8 Å². The monoisotopic (exact) mass is 569 g/mol. The number of carboxylic acid groups (broad SMARTS) is 1. The summed E-state index contributed by atoms with van der Waals surface area (Å²) < 4.78 is 34.2. The van der Waals surface area contributed by atoms with E-state index in [1.165, 1.54) is 54.7 Å². The van der Waals surface area contributed by atoms with Crippen LogP contribution < -0.4 is 15.4 Å². The van der Waals surface area contributed by atoms with Crippen LogP contribution in [0.3, 0.4) is 0 Å². The lowest BCUT2D eigenvalue weighted by Gasteiger charge is -2.16. The van der Waals surface area contributed by atoms with Crippen LogP contribution in [0, 0.1) is 17.0 Å². The van der Waals surface area contributed by atoms with Crippen molar-refractivity contribution in [2.45, 2.75) is 12.8 Å². The molecule has 2 heterocycles. The Kier molecular flexibility index (Phi) is 6.57. The van der Waals surface area contributed by atoms with Gasteiger partial charge in [-0.1, -0.05) is 12.1 Å². The van der Waals surface area contributed by atoms with E-state index in [2.05, 4.69) is 25.8 Å². The molecule has 10 nitrogen and oxygen atoms in total. The van der Waals surface area contributed by atoms with Crippen LogP contribution in [-0.4, -0.2) is 38.1 Å². The molecule has 5 aromatic rings. The minimum Gasteiger partial charge on any atom is -0.478 e. The molecule has 0 spiro atoms. The van der Waals surface area contributed by atoms with Crippen molar-refractivity contribution in [1.29, 1.82) is 0 Å². The van der Waals surface area contributed by atoms with Crippen molar-refractivity contribution in [3.63, 3.8) is 0 Å². The standard InChI is InChI=1S/C30H21F2N5O5/c31-18-5-7-19(8-6-18)34-28(40)30(12-13-30)29(41)35-20-9-10-22(21(32)15-20)42-23-11-14-33-26-24(23)25(36-37-26)16-1-3-17(4-2-16)27(38)39/h1-11,14-15H,12-13H2,(H,34,40)(H,35,41)(H,38,39)(H,33,36,37). The van der Waals surface area contributed by atoms with Crippen LogP contribution in [0.1, 0.15) is 23.2 Å². The van der Waals surface area contributed by atoms with Gasteiger partial charge >= 0.3 is 5.97 Å². The number of aromatic nitrogens is 3. The molecule has 0 radical (unpaired) electrons. The van der Waals surface area contributed by atoms with Gasteiger partial charge in [0.25, 0.3) is 0 Å². The molecular weight excluding hydrogens is 548 g/mol. The summed E-state index contributed by atoms with van der Waals surface area (Å²) in [5.74, 6) is -3.28. The van der Waals surface area contributed by atoms with Gasteiger partial charge in [0.15, 0.2) is 17.2 Å². The molecule has 0 atom stereocenters. The van der Waals surface area contributed by atoms with Gasteiger partial charge in [0.05, 0.1) is 10.9 Å². The van der Waals surface area contributed by atoms with Crippen LogP contribution in [0.2, 0.25) is 0 Å². The molecule has 1 aliphatic rings. The van der Waals surface area contributed by atoms with Gasteiger partial charge in [0.2, 0.25) is 11.8 Å². The molecule has 12 heteroatoms. The number of H-pyrrole nitrogens is 1. The minimum absolute atomic E-state index is 0.114. The maximum Gasteiger partial charge on any atom is 0.335 e. The third-order valence-corrected chi connectivity index (χ3v) is 6.96. The highest BCUT2D eigenvalue weighted by Crippen LogP contribution is 2.47. The number of hydrogen-bond acceptors (Lipinski definition) is 6. The SMILES string of the molecule is O=C(O)c1ccc(-c2n[nH]c3nccc(Oc4ccc(NC(=O)C5(C(=O)Nc6ccc(F)cc6)CC5)cc4F)c23)cc1. The number of rotatable bonds is 8. The summed E-state index contributed by atoms with van der Waals surface area (Å²) in [6.07, 6.45) is 2.10. The largest absolute Gasteiger partial charge is 0.478 e. The average Bonchev–Trinajstić information content (AvgIpc) is 3.69. The van der Waals surface area contributed by atoms with E-state index in [1.807, 2.05) is 0 Å². The van der Waals surface area contributed by atoms with Crippen molar-refractivity contribution in [3.05, 3.63) is 96.2 Å². The Morgan fingerprint density at radius 3 is 2.17 bits per heavy atom. The van der Waals surface area contributed by atoms with E-state index in [1.54, 1.807) is 18.2 Å². The molecule has 210 valence electrons. The first-order valence-corrected chi connectivity index (χ1v) is 12.8. The number of amides is 2. The van der Waals surface area contributed by atoms with Gasteiger partial charge in [-0.15, -0.1) is 0 Å². The number of ether oxygens (including phenoxy) is 1. The lowest BCUT2D eigenvalue weighted by Crippen LogP contribution is -2.35. The van der Waals surface area contributed by atoms with E-state index >= 15 is 4.39 Å². The van der Waals surface area contributed by atoms with Crippen LogP contribution >= 0.6 is 0 Å². The fourth-order valence-corrected chi connectivity index (χ4v) is 4.48. The molecule has 0 bridgehead atoms. The van der Waals surface area contributed by atoms with Crippen LogP contribution in [-0.2, 0) is 9.59 Å². The number of carboxylic acids is 1. The van der Waals surface area contributed by atoms with Crippen LogP contribution in [0.25, 0.3) is 22.3 Å². The van der Waals surface area contributed by atoms with Crippen LogP contribution in [0.4, 0.5) is 20.2 Å².